The van der Waals surface area contributed by atoms with Crippen LogP contribution in [0, 0.1) is 0 Å². The van der Waals surface area contributed by atoms with Gasteiger partial charge in [0.2, 0.25) is 5.89 Å². The van der Waals surface area contributed by atoms with Crippen LogP contribution in [0.3, 0.4) is 0 Å². The van der Waals surface area contributed by atoms with Gasteiger partial charge in [-0.15, -0.1) is 0 Å². The summed E-state index contributed by atoms with van der Waals surface area (Å²) < 4.78 is 58.5. The fourth-order valence-electron chi connectivity index (χ4n) is 2.02. The number of ether oxygens (including phenoxy) is 1. The Labute approximate surface area is 117 Å². The first kappa shape index (κ1) is 15.9. The van der Waals surface area contributed by atoms with Crippen molar-refractivity contribution in [1.82, 2.24) is 10.1 Å². The maximum absolute atomic E-state index is 12.6. The molecule has 118 valence electrons. The molecule has 1 aliphatic carbocycles. The zero-order valence-electron chi connectivity index (χ0n) is 11.0. The molecule has 1 aromatic heterocycles. The van der Waals surface area contributed by atoms with Gasteiger partial charge >= 0.3 is 12.3 Å². The summed E-state index contributed by atoms with van der Waals surface area (Å²) >= 11 is 0. The van der Waals surface area contributed by atoms with Gasteiger partial charge in [-0.2, -0.15) is 13.8 Å². The predicted octanol–water partition coefficient (Wildman–Crippen LogP) is 2.71. The van der Waals surface area contributed by atoms with Gasteiger partial charge in [0.05, 0.1) is 0 Å². The third kappa shape index (κ3) is 4.23. The van der Waals surface area contributed by atoms with Crippen molar-refractivity contribution in [3.05, 3.63) is 11.7 Å². The Morgan fingerprint density at radius 3 is 2.62 bits per heavy atom. The second kappa shape index (κ2) is 6.50. The van der Waals surface area contributed by atoms with Crippen LogP contribution in [-0.4, -0.2) is 34.9 Å². The number of Topliss-reactive ketones (excluding diaryl/α,β-unsaturated/α-hetero) is 1. The van der Waals surface area contributed by atoms with Gasteiger partial charge in [0.1, 0.15) is 19.0 Å². The molecule has 0 saturated heterocycles. The van der Waals surface area contributed by atoms with Crippen LogP contribution in [-0.2, 0) is 16.1 Å². The fraction of sp³-hybridized carbons (Fsp3) is 0.750. The smallest absolute Gasteiger partial charge is 0.330 e. The van der Waals surface area contributed by atoms with Gasteiger partial charge in [-0.05, 0) is 12.8 Å². The van der Waals surface area contributed by atoms with E-state index in [0.29, 0.717) is 31.6 Å². The molecule has 0 aliphatic heterocycles. The number of carbonyl (C=O) groups is 1. The Morgan fingerprint density at radius 1 is 1.33 bits per heavy atom. The minimum absolute atomic E-state index is 0.0203. The SMILES string of the molecule is O=C1CCC(c2nc(COCC(F)(F)C(F)F)no2)CC1. The molecule has 21 heavy (non-hydrogen) atoms. The number of carbonyl (C=O) groups excluding carboxylic acids is 1. The van der Waals surface area contributed by atoms with Crippen LogP contribution >= 0.6 is 0 Å². The van der Waals surface area contributed by atoms with Gasteiger partial charge in [0.15, 0.2) is 5.82 Å². The molecule has 1 heterocycles. The van der Waals surface area contributed by atoms with E-state index in [4.69, 9.17) is 4.52 Å². The van der Waals surface area contributed by atoms with Gasteiger partial charge in [-0.3, -0.25) is 4.79 Å². The molecule has 0 atom stereocenters. The lowest BCUT2D eigenvalue weighted by Gasteiger charge is -2.16. The van der Waals surface area contributed by atoms with E-state index in [-0.39, 0.29) is 17.5 Å². The highest BCUT2D eigenvalue weighted by atomic mass is 19.3. The van der Waals surface area contributed by atoms with Crippen LogP contribution in [0.25, 0.3) is 0 Å². The van der Waals surface area contributed by atoms with Crippen LogP contribution < -0.4 is 0 Å². The summed E-state index contributed by atoms with van der Waals surface area (Å²) in [4.78, 5) is 15.1. The van der Waals surface area contributed by atoms with Crippen molar-refractivity contribution in [3.8, 4) is 0 Å². The number of halogens is 4. The average molecular weight is 310 g/mol. The lowest BCUT2D eigenvalue weighted by atomic mass is 9.88. The molecule has 0 aromatic carbocycles. The van der Waals surface area contributed by atoms with Crippen LogP contribution in [0.15, 0.2) is 4.52 Å². The lowest BCUT2D eigenvalue weighted by Crippen LogP contribution is -2.32. The molecular formula is C12H14F4N2O3. The monoisotopic (exact) mass is 310 g/mol. The molecule has 1 saturated carbocycles. The number of aromatic nitrogens is 2. The van der Waals surface area contributed by atoms with Crippen LogP contribution in [0.5, 0.6) is 0 Å². The number of hydrogen-bond acceptors (Lipinski definition) is 5. The van der Waals surface area contributed by atoms with E-state index < -0.39 is 25.6 Å². The molecule has 1 aliphatic rings. The standard InChI is InChI=1S/C12H14F4N2O3/c13-11(14)12(15,16)6-20-5-9-17-10(21-18-9)7-1-3-8(19)4-2-7/h7,11H,1-6H2. The highest BCUT2D eigenvalue weighted by Gasteiger charge is 2.41. The van der Waals surface area contributed by atoms with Gasteiger partial charge in [0, 0.05) is 18.8 Å². The maximum Gasteiger partial charge on any atom is 0.330 e. The average Bonchev–Trinajstić information content (AvgIpc) is 2.88. The Kier molecular flexibility index (Phi) is 4.92. The normalized spacial score (nSPS) is 17.7. The second-order valence-corrected chi connectivity index (χ2v) is 4.92. The number of hydrogen-bond donors (Lipinski definition) is 0. The first-order valence-electron chi connectivity index (χ1n) is 6.46. The highest BCUT2D eigenvalue weighted by Crippen LogP contribution is 2.30. The van der Waals surface area contributed by atoms with E-state index in [0.717, 1.165) is 0 Å². The third-order valence-corrected chi connectivity index (χ3v) is 3.22. The highest BCUT2D eigenvalue weighted by molar-refractivity contribution is 5.79. The van der Waals surface area contributed by atoms with Gasteiger partial charge in [-0.25, -0.2) is 8.78 Å². The topological polar surface area (TPSA) is 65.2 Å². The summed E-state index contributed by atoms with van der Waals surface area (Å²) in [5.41, 5.74) is 0. The molecule has 0 bridgehead atoms. The van der Waals surface area contributed by atoms with E-state index >= 15 is 0 Å². The summed E-state index contributed by atoms with van der Waals surface area (Å²) in [6.07, 6.45) is -1.69. The molecular weight excluding hydrogens is 296 g/mol. The van der Waals surface area contributed by atoms with Gasteiger partial charge in [0.25, 0.3) is 0 Å². The number of rotatable bonds is 6. The van der Waals surface area contributed by atoms with Crippen LogP contribution in [0.1, 0.15) is 43.3 Å². The maximum atomic E-state index is 12.6. The molecule has 5 nitrogen and oxygen atoms in total. The van der Waals surface area contributed by atoms with Crippen molar-refractivity contribution < 1.29 is 31.6 Å². The largest absolute Gasteiger partial charge is 0.367 e. The van der Waals surface area contributed by atoms with Crippen molar-refractivity contribution in [3.63, 3.8) is 0 Å². The third-order valence-electron chi connectivity index (χ3n) is 3.22. The fourth-order valence-corrected chi connectivity index (χ4v) is 2.02. The van der Waals surface area contributed by atoms with Gasteiger partial charge < -0.3 is 9.26 Å². The van der Waals surface area contributed by atoms with E-state index in [2.05, 4.69) is 14.9 Å². The van der Waals surface area contributed by atoms with Gasteiger partial charge in [-0.1, -0.05) is 5.16 Å². The molecule has 1 aromatic rings. The minimum atomic E-state index is -4.20. The summed E-state index contributed by atoms with van der Waals surface area (Å²) in [6.45, 7) is -1.84. The van der Waals surface area contributed by atoms with E-state index in [1.807, 2.05) is 0 Å². The van der Waals surface area contributed by atoms with Crippen molar-refractivity contribution in [2.45, 2.75) is 50.6 Å². The Balaban J connectivity index is 1.82. The molecule has 0 radical (unpaired) electrons. The minimum Gasteiger partial charge on any atom is -0.367 e. The van der Waals surface area contributed by atoms with Crippen molar-refractivity contribution in [2.75, 3.05) is 6.61 Å². The Bertz CT molecular complexity index is 483. The lowest BCUT2D eigenvalue weighted by molar-refractivity contribution is -0.168. The molecule has 9 heteroatoms. The molecule has 0 amide bonds. The van der Waals surface area contributed by atoms with Crippen molar-refractivity contribution in [1.29, 1.82) is 0 Å². The van der Waals surface area contributed by atoms with E-state index in [9.17, 15) is 22.4 Å². The van der Waals surface area contributed by atoms with E-state index in [1.54, 1.807) is 0 Å². The molecule has 2 rings (SSSR count). The van der Waals surface area contributed by atoms with E-state index in [1.165, 1.54) is 0 Å². The number of nitrogens with zero attached hydrogens (tertiary/aromatic N) is 2. The van der Waals surface area contributed by atoms with Crippen LogP contribution in [0.4, 0.5) is 17.6 Å². The summed E-state index contributed by atoms with van der Waals surface area (Å²) in [5.74, 6) is -3.71. The van der Waals surface area contributed by atoms with Crippen molar-refractivity contribution >= 4 is 5.78 Å². The summed E-state index contributed by atoms with van der Waals surface area (Å²) in [6, 6.07) is 0. The molecule has 0 N–H and O–H groups in total. The molecule has 0 unspecified atom stereocenters. The Hall–Kier alpha value is -1.51. The molecule has 1 fully saturated rings. The zero-order valence-corrected chi connectivity index (χ0v) is 11.0. The quantitative estimate of drug-likeness (QED) is 0.756. The molecule has 0 spiro atoms. The number of ketones is 1. The summed E-state index contributed by atoms with van der Waals surface area (Å²) in [5, 5.41) is 3.55. The number of alkyl halides is 4. The predicted molar refractivity (Wildman–Crippen MR) is 61.1 cm³/mol. The first-order chi connectivity index (χ1) is 9.88. The first-order valence-corrected chi connectivity index (χ1v) is 6.46. The van der Waals surface area contributed by atoms with Crippen LogP contribution in [0.2, 0.25) is 0 Å². The summed E-state index contributed by atoms with van der Waals surface area (Å²) in [7, 11) is 0. The second-order valence-electron chi connectivity index (χ2n) is 4.92. The zero-order chi connectivity index (χ0) is 15.5. The Morgan fingerprint density at radius 2 is 2.00 bits per heavy atom. The van der Waals surface area contributed by atoms with Crippen molar-refractivity contribution in [2.24, 2.45) is 0 Å².